The molecule has 0 aromatic heterocycles. The van der Waals surface area contributed by atoms with E-state index in [1.54, 1.807) is 54.6 Å². The van der Waals surface area contributed by atoms with Crippen molar-refractivity contribution in [1.82, 2.24) is 5.43 Å². The Balaban J connectivity index is 1.81. The van der Waals surface area contributed by atoms with Crippen LogP contribution in [0.3, 0.4) is 0 Å². The zero-order chi connectivity index (χ0) is 27.0. The summed E-state index contributed by atoms with van der Waals surface area (Å²) in [4.78, 5) is 23.6. The van der Waals surface area contributed by atoms with Crippen molar-refractivity contribution in [3.63, 3.8) is 0 Å². The van der Waals surface area contributed by atoms with E-state index >= 15 is 0 Å². The van der Waals surface area contributed by atoms with Gasteiger partial charge in [0.25, 0.3) is 21.8 Å². The summed E-state index contributed by atoms with van der Waals surface area (Å²) in [6.07, 6.45) is 1.39. The number of carbonyl (C=O) groups excluding carboxylic acids is 2. The summed E-state index contributed by atoms with van der Waals surface area (Å²) in [5, 5.41) is 3.93. The molecule has 0 saturated carbocycles. The molecule has 3 rings (SSSR count). The van der Waals surface area contributed by atoms with Crippen molar-refractivity contribution in [3.8, 4) is 11.5 Å². The van der Waals surface area contributed by atoms with Gasteiger partial charge >= 0.3 is 0 Å². The highest BCUT2D eigenvalue weighted by Crippen LogP contribution is 2.33. The Hall–Kier alpha value is -4.38. The van der Waals surface area contributed by atoms with E-state index in [-0.39, 0.29) is 17.2 Å². The minimum atomic E-state index is -4.12. The van der Waals surface area contributed by atoms with Gasteiger partial charge in [-0.1, -0.05) is 23.8 Å². The van der Waals surface area contributed by atoms with Crippen LogP contribution in [-0.2, 0) is 19.6 Å². The minimum Gasteiger partial charge on any atom is -0.495 e. The number of hydrogen-bond acceptors (Lipinski definition) is 7. The third-order valence-electron chi connectivity index (χ3n) is 5.16. The molecule has 0 aliphatic rings. The number of carbonyl (C=O) groups is 2. The van der Waals surface area contributed by atoms with Gasteiger partial charge in [-0.15, -0.1) is 0 Å². The molecule has 3 aromatic rings. The molecule has 37 heavy (non-hydrogen) atoms. The molecule has 0 aliphatic carbocycles. The Bertz CT molecular complexity index is 1390. The highest BCUT2D eigenvalue weighted by Gasteiger charge is 2.29. The summed E-state index contributed by atoms with van der Waals surface area (Å²) in [7, 11) is -2.69. The van der Waals surface area contributed by atoms with Gasteiger partial charge in [0.2, 0.25) is 0 Å². The van der Waals surface area contributed by atoms with Crippen molar-refractivity contribution in [2.24, 2.45) is 10.8 Å². The van der Waals surface area contributed by atoms with Crippen LogP contribution in [0.15, 0.2) is 76.7 Å². The maximum Gasteiger partial charge on any atom is 0.264 e. The van der Waals surface area contributed by atoms with E-state index in [0.717, 1.165) is 15.4 Å². The van der Waals surface area contributed by atoms with Gasteiger partial charge in [0.15, 0.2) is 6.61 Å². The first-order valence-corrected chi connectivity index (χ1v) is 12.6. The number of sulfonamides is 1. The highest BCUT2D eigenvalue weighted by atomic mass is 32.2. The van der Waals surface area contributed by atoms with Gasteiger partial charge in [-0.25, -0.2) is 13.8 Å². The fourth-order valence-electron chi connectivity index (χ4n) is 3.28. The predicted molar refractivity (Wildman–Crippen MR) is 140 cm³/mol. The van der Waals surface area contributed by atoms with Gasteiger partial charge in [-0.3, -0.25) is 13.9 Å². The molecule has 2 amide bonds. The van der Waals surface area contributed by atoms with Gasteiger partial charge in [0.1, 0.15) is 18.0 Å². The second kappa shape index (κ2) is 12.0. The number of hydrogen-bond donors (Lipinski definition) is 2. The average molecular weight is 525 g/mol. The van der Waals surface area contributed by atoms with Crippen LogP contribution in [-0.4, -0.2) is 46.7 Å². The predicted octanol–water partition coefficient (Wildman–Crippen LogP) is 2.52. The summed E-state index contributed by atoms with van der Waals surface area (Å²) in [5.74, 6) is -0.493. The molecule has 0 spiro atoms. The van der Waals surface area contributed by atoms with Crippen LogP contribution in [0.2, 0.25) is 0 Å². The second-order valence-electron chi connectivity index (χ2n) is 8.12. The van der Waals surface area contributed by atoms with Crippen LogP contribution in [0.25, 0.3) is 0 Å². The van der Waals surface area contributed by atoms with E-state index in [9.17, 15) is 18.0 Å². The molecule has 0 bridgehead atoms. The normalized spacial score (nSPS) is 11.2. The number of methoxy groups -OCH3 is 1. The van der Waals surface area contributed by atoms with Crippen LogP contribution >= 0.6 is 0 Å². The first-order chi connectivity index (χ1) is 17.6. The van der Waals surface area contributed by atoms with E-state index in [0.29, 0.717) is 17.1 Å². The Morgan fingerprint density at radius 3 is 2.27 bits per heavy atom. The molecule has 0 atom stereocenters. The molecule has 11 heteroatoms. The van der Waals surface area contributed by atoms with Crippen LogP contribution in [0.4, 0.5) is 5.69 Å². The maximum atomic E-state index is 13.6. The highest BCUT2D eigenvalue weighted by molar-refractivity contribution is 7.92. The summed E-state index contributed by atoms with van der Waals surface area (Å²) in [6, 6.07) is 18.0. The van der Waals surface area contributed by atoms with Crippen LogP contribution in [0, 0.1) is 13.8 Å². The van der Waals surface area contributed by atoms with Crippen molar-refractivity contribution in [2.45, 2.75) is 18.7 Å². The molecule has 0 radical (unpaired) electrons. The number of benzene rings is 3. The quantitative estimate of drug-likeness (QED) is 0.292. The Labute approximate surface area is 215 Å². The molecule has 0 unspecified atom stereocenters. The molecule has 0 saturated heterocycles. The number of rotatable bonds is 11. The molecule has 194 valence electrons. The van der Waals surface area contributed by atoms with Crippen molar-refractivity contribution < 1.29 is 27.5 Å². The summed E-state index contributed by atoms with van der Waals surface area (Å²) in [6.45, 7) is 2.89. The molecule has 3 N–H and O–H groups in total. The number of hydrazone groups is 1. The van der Waals surface area contributed by atoms with Crippen molar-refractivity contribution >= 4 is 33.7 Å². The van der Waals surface area contributed by atoms with E-state index in [1.807, 2.05) is 13.8 Å². The number of anilines is 1. The zero-order valence-corrected chi connectivity index (χ0v) is 21.5. The number of amides is 2. The number of ether oxygens (including phenoxy) is 2. The Kier molecular flexibility index (Phi) is 8.86. The lowest BCUT2D eigenvalue weighted by molar-refractivity contribution is -0.120. The number of nitrogens with two attached hydrogens (primary N) is 1. The number of aryl methyl sites for hydroxylation is 2. The van der Waals surface area contributed by atoms with Crippen LogP contribution in [0.5, 0.6) is 11.5 Å². The lowest BCUT2D eigenvalue weighted by atomic mass is 10.2. The van der Waals surface area contributed by atoms with Crippen molar-refractivity contribution in [1.29, 1.82) is 0 Å². The molecule has 3 aromatic carbocycles. The summed E-state index contributed by atoms with van der Waals surface area (Å²) in [5.41, 5.74) is 9.97. The van der Waals surface area contributed by atoms with E-state index < -0.39 is 28.4 Å². The number of primary amides is 1. The average Bonchev–Trinajstić information content (AvgIpc) is 2.87. The van der Waals surface area contributed by atoms with E-state index in [4.69, 9.17) is 15.2 Å². The lowest BCUT2D eigenvalue weighted by Crippen LogP contribution is -2.39. The molecule has 0 fully saturated rings. The third kappa shape index (κ3) is 7.31. The van der Waals surface area contributed by atoms with Gasteiger partial charge in [0, 0.05) is 0 Å². The van der Waals surface area contributed by atoms with Gasteiger partial charge in [-0.2, -0.15) is 5.10 Å². The number of nitrogens with one attached hydrogen (secondary N) is 1. The molecular weight excluding hydrogens is 496 g/mol. The summed E-state index contributed by atoms with van der Waals surface area (Å²) >= 11 is 0. The molecular formula is C26H28N4O6S. The maximum absolute atomic E-state index is 13.6. The smallest absolute Gasteiger partial charge is 0.264 e. The second-order valence-corrected chi connectivity index (χ2v) is 9.98. The molecule has 0 heterocycles. The Morgan fingerprint density at radius 2 is 1.65 bits per heavy atom. The van der Waals surface area contributed by atoms with E-state index in [1.165, 1.54) is 25.5 Å². The van der Waals surface area contributed by atoms with Crippen molar-refractivity contribution in [3.05, 3.63) is 83.4 Å². The number of nitrogens with zero attached hydrogens (tertiary/aromatic N) is 2. The Morgan fingerprint density at radius 1 is 1.00 bits per heavy atom. The third-order valence-corrected chi connectivity index (χ3v) is 6.94. The fourth-order valence-corrected chi connectivity index (χ4v) is 4.70. The minimum absolute atomic E-state index is 0.0385. The standard InChI is InChI=1S/C26H28N4O6S/c1-18-4-11-22(12-5-18)37(33,34)30(23-14-19(2)6-13-24(23)35-3)16-26(32)29-28-15-20-7-9-21(10-8-20)36-17-25(27)31/h4-15H,16-17H2,1-3H3,(H2,27,31)(H,29,32)/b28-15+. The van der Waals surface area contributed by atoms with Crippen LogP contribution in [0.1, 0.15) is 16.7 Å². The summed E-state index contributed by atoms with van der Waals surface area (Å²) < 4.78 is 38.8. The molecule has 10 nitrogen and oxygen atoms in total. The topological polar surface area (TPSA) is 140 Å². The van der Waals surface area contributed by atoms with Gasteiger partial charge in [-0.05, 0) is 73.5 Å². The van der Waals surface area contributed by atoms with Crippen LogP contribution < -0.4 is 24.9 Å². The van der Waals surface area contributed by atoms with E-state index in [2.05, 4.69) is 10.5 Å². The van der Waals surface area contributed by atoms with Crippen molar-refractivity contribution in [2.75, 3.05) is 24.6 Å². The van der Waals surface area contributed by atoms with Gasteiger partial charge < -0.3 is 15.2 Å². The molecule has 0 aliphatic heterocycles. The zero-order valence-electron chi connectivity index (χ0n) is 20.7. The first kappa shape index (κ1) is 27.2. The first-order valence-electron chi connectivity index (χ1n) is 11.2. The largest absolute Gasteiger partial charge is 0.495 e. The van der Waals surface area contributed by atoms with Gasteiger partial charge in [0.05, 0.1) is 23.9 Å². The fraction of sp³-hybridized carbons (Fsp3) is 0.192. The monoisotopic (exact) mass is 524 g/mol. The SMILES string of the molecule is COc1ccc(C)cc1N(CC(=O)N/N=C/c1ccc(OCC(N)=O)cc1)S(=O)(=O)c1ccc(C)cc1. The lowest BCUT2D eigenvalue weighted by Gasteiger charge is -2.25.